The number of aromatic nitrogens is 1. The van der Waals surface area contributed by atoms with E-state index in [1.54, 1.807) is 6.07 Å². The van der Waals surface area contributed by atoms with E-state index >= 15 is 0 Å². The second kappa shape index (κ2) is 7.35. The number of amides is 3. The topological polar surface area (TPSA) is 87.0 Å². The third kappa shape index (κ3) is 3.09. The third-order valence-electron chi connectivity index (χ3n) is 8.58. The number of rotatable bonds is 2. The molecule has 166 valence electrons. The summed E-state index contributed by atoms with van der Waals surface area (Å²) in [4.78, 5) is 45.7. The highest BCUT2D eigenvalue weighted by Gasteiger charge is 2.54. The Bertz CT molecular complexity index is 874. The van der Waals surface area contributed by atoms with Gasteiger partial charge in [-0.1, -0.05) is 11.6 Å². The van der Waals surface area contributed by atoms with Crippen LogP contribution in [-0.4, -0.2) is 75.8 Å². The van der Waals surface area contributed by atoms with Crippen LogP contribution in [-0.2, 0) is 9.59 Å². The smallest absolute Gasteiger partial charge is 0.276 e. The number of carbonyl (C=O) groups excluding carboxylic acids is 3. The Morgan fingerprint density at radius 1 is 0.935 bits per heavy atom. The fourth-order valence-electron chi connectivity index (χ4n) is 7.23. The first kappa shape index (κ1) is 19.3. The van der Waals surface area contributed by atoms with E-state index in [-0.39, 0.29) is 35.6 Å². The third-order valence-corrected chi connectivity index (χ3v) is 8.58. The number of hydrogen-bond donors (Lipinski definition) is 0. The zero-order valence-electron chi connectivity index (χ0n) is 17.8. The van der Waals surface area contributed by atoms with Gasteiger partial charge in [0.15, 0.2) is 5.69 Å². The lowest BCUT2D eigenvalue weighted by Gasteiger charge is -2.56. The van der Waals surface area contributed by atoms with Crippen LogP contribution in [0.5, 0.6) is 0 Å². The molecule has 1 aromatic heterocycles. The molecule has 0 radical (unpaired) electrons. The highest BCUT2D eigenvalue weighted by atomic mass is 16.5. The number of likely N-dealkylation sites (tertiary alicyclic amines) is 2. The maximum absolute atomic E-state index is 13.8. The number of fused-ring (bicyclic) bond motifs is 5. The normalized spacial score (nSPS) is 37.0. The van der Waals surface area contributed by atoms with E-state index < -0.39 is 6.04 Å². The Morgan fingerprint density at radius 3 is 2.42 bits per heavy atom. The fourth-order valence-corrected chi connectivity index (χ4v) is 7.23. The molecule has 6 atom stereocenters. The van der Waals surface area contributed by atoms with Crippen molar-refractivity contribution in [1.29, 1.82) is 0 Å². The van der Waals surface area contributed by atoms with Crippen molar-refractivity contribution >= 4 is 17.7 Å². The minimum absolute atomic E-state index is 0.0131. The standard InChI is InChI=1S/C23H30N4O4/c28-20-6-2-5-19-16-9-17(13-25(12-16)22(29)18-7-8-31-24-18)21(27(19)20)23(30)26-10-14-3-1-4-15(14)11-26/h7-8,14-17,19,21H,1-6,9-13H2/t14-,15+,16-,17+,19-,21+/m0/s1. The summed E-state index contributed by atoms with van der Waals surface area (Å²) in [6.45, 7) is 2.79. The largest absolute Gasteiger partial charge is 0.364 e. The number of carbonyl (C=O) groups is 3. The monoisotopic (exact) mass is 426 g/mol. The molecule has 8 heteroatoms. The SMILES string of the molecule is O=C(c1ccon1)N1C[C@@H]2C[C@H](C1)[C@H](C(=O)N1C[C@H]3CCC[C@H]3C1)N1C(=O)CCC[C@@H]21. The van der Waals surface area contributed by atoms with Crippen molar-refractivity contribution in [2.45, 2.75) is 57.0 Å². The molecule has 4 aliphatic heterocycles. The lowest BCUT2D eigenvalue weighted by atomic mass is 9.71. The minimum Gasteiger partial charge on any atom is -0.364 e. The summed E-state index contributed by atoms with van der Waals surface area (Å²) >= 11 is 0. The van der Waals surface area contributed by atoms with E-state index in [1.165, 1.54) is 25.5 Å². The molecule has 1 aliphatic carbocycles. The highest BCUT2D eigenvalue weighted by Crippen LogP contribution is 2.44. The molecule has 4 saturated heterocycles. The molecule has 0 unspecified atom stereocenters. The van der Waals surface area contributed by atoms with Crippen LogP contribution in [0.2, 0.25) is 0 Å². The van der Waals surface area contributed by atoms with Crippen LogP contribution < -0.4 is 0 Å². The average Bonchev–Trinajstić information content (AvgIpc) is 3.51. The molecule has 3 amide bonds. The van der Waals surface area contributed by atoms with Crippen molar-refractivity contribution in [3.8, 4) is 0 Å². The van der Waals surface area contributed by atoms with Crippen molar-refractivity contribution in [1.82, 2.24) is 19.9 Å². The van der Waals surface area contributed by atoms with Crippen molar-refractivity contribution < 1.29 is 18.9 Å². The van der Waals surface area contributed by atoms with Gasteiger partial charge in [-0.2, -0.15) is 0 Å². The summed E-state index contributed by atoms with van der Waals surface area (Å²) in [6, 6.07) is 1.22. The van der Waals surface area contributed by atoms with E-state index in [0.717, 1.165) is 32.4 Å². The summed E-state index contributed by atoms with van der Waals surface area (Å²) in [5.41, 5.74) is 0.312. The molecule has 8 nitrogen and oxygen atoms in total. The molecular weight excluding hydrogens is 396 g/mol. The highest BCUT2D eigenvalue weighted by molar-refractivity contribution is 5.93. The van der Waals surface area contributed by atoms with Crippen LogP contribution in [0.15, 0.2) is 16.9 Å². The lowest BCUT2D eigenvalue weighted by molar-refractivity contribution is -0.163. The molecule has 5 fully saturated rings. The number of piperidine rings is 3. The summed E-state index contributed by atoms with van der Waals surface area (Å²) in [7, 11) is 0. The molecule has 2 bridgehead atoms. The van der Waals surface area contributed by atoms with Gasteiger partial charge in [-0.15, -0.1) is 0 Å². The first-order chi connectivity index (χ1) is 15.1. The molecule has 0 N–H and O–H groups in total. The van der Waals surface area contributed by atoms with Crippen molar-refractivity contribution in [2.75, 3.05) is 26.2 Å². The van der Waals surface area contributed by atoms with Gasteiger partial charge in [0, 0.05) is 50.6 Å². The lowest BCUT2D eigenvalue weighted by Crippen LogP contribution is -2.68. The van der Waals surface area contributed by atoms with Crippen molar-refractivity contribution in [3.63, 3.8) is 0 Å². The Hall–Kier alpha value is -2.38. The molecule has 5 heterocycles. The van der Waals surface area contributed by atoms with Crippen LogP contribution in [0.4, 0.5) is 0 Å². The van der Waals surface area contributed by atoms with Crippen LogP contribution in [0.25, 0.3) is 0 Å². The van der Waals surface area contributed by atoms with Crippen LogP contribution in [0.1, 0.15) is 55.4 Å². The van der Waals surface area contributed by atoms with E-state index in [1.807, 2.05) is 14.7 Å². The first-order valence-electron chi connectivity index (χ1n) is 11.9. The van der Waals surface area contributed by atoms with Crippen LogP contribution in [0, 0.1) is 23.7 Å². The van der Waals surface area contributed by atoms with E-state index in [0.29, 0.717) is 37.0 Å². The minimum atomic E-state index is -0.430. The Kier molecular flexibility index (Phi) is 4.58. The molecule has 0 spiro atoms. The molecule has 0 aromatic carbocycles. The summed E-state index contributed by atoms with van der Waals surface area (Å²) in [5.74, 6) is 1.57. The predicted octanol–water partition coefficient (Wildman–Crippen LogP) is 1.77. The van der Waals surface area contributed by atoms with Crippen LogP contribution in [0.3, 0.4) is 0 Å². The second-order valence-corrected chi connectivity index (χ2v) is 10.3. The van der Waals surface area contributed by atoms with Gasteiger partial charge in [-0.25, -0.2) is 0 Å². The van der Waals surface area contributed by atoms with Gasteiger partial charge in [0.2, 0.25) is 11.8 Å². The molecule has 6 rings (SSSR count). The average molecular weight is 427 g/mol. The fraction of sp³-hybridized carbons (Fsp3) is 0.739. The number of nitrogens with zero attached hydrogens (tertiary/aromatic N) is 4. The van der Waals surface area contributed by atoms with Gasteiger partial charge in [0.05, 0.1) is 0 Å². The zero-order chi connectivity index (χ0) is 21.1. The van der Waals surface area contributed by atoms with Gasteiger partial charge in [0.25, 0.3) is 5.91 Å². The Morgan fingerprint density at radius 2 is 1.68 bits per heavy atom. The molecule has 1 aromatic rings. The van der Waals surface area contributed by atoms with Gasteiger partial charge in [-0.05, 0) is 49.9 Å². The maximum atomic E-state index is 13.8. The van der Waals surface area contributed by atoms with E-state index in [9.17, 15) is 14.4 Å². The number of hydrogen-bond acceptors (Lipinski definition) is 5. The molecule has 5 aliphatic rings. The Labute approximate surface area is 181 Å². The van der Waals surface area contributed by atoms with E-state index in [4.69, 9.17) is 4.52 Å². The Balaban J connectivity index is 1.29. The quantitative estimate of drug-likeness (QED) is 0.719. The molecular formula is C23H30N4O4. The van der Waals surface area contributed by atoms with Gasteiger partial charge < -0.3 is 19.2 Å². The van der Waals surface area contributed by atoms with Crippen molar-refractivity contribution in [2.24, 2.45) is 23.7 Å². The second-order valence-electron chi connectivity index (χ2n) is 10.3. The van der Waals surface area contributed by atoms with Crippen molar-refractivity contribution in [3.05, 3.63) is 18.0 Å². The predicted molar refractivity (Wildman–Crippen MR) is 110 cm³/mol. The van der Waals surface area contributed by atoms with E-state index in [2.05, 4.69) is 5.16 Å². The summed E-state index contributed by atoms with van der Waals surface area (Å²) in [6.07, 6.45) is 8.36. The molecule has 1 saturated carbocycles. The zero-order valence-corrected chi connectivity index (χ0v) is 17.8. The summed E-state index contributed by atoms with van der Waals surface area (Å²) < 4.78 is 4.87. The maximum Gasteiger partial charge on any atom is 0.276 e. The first-order valence-corrected chi connectivity index (χ1v) is 11.9. The van der Waals surface area contributed by atoms with Gasteiger partial charge in [0.1, 0.15) is 12.3 Å². The van der Waals surface area contributed by atoms with Gasteiger partial charge >= 0.3 is 0 Å². The summed E-state index contributed by atoms with van der Waals surface area (Å²) in [5, 5.41) is 3.82. The molecule has 31 heavy (non-hydrogen) atoms. The van der Waals surface area contributed by atoms with Gasteiger partial charge in [-0.3, -0.25) is 14.4 Å². The van der Waals surface area contributed by atoms with Crippen LogP contribution >= 0.6 is 0 Å².